The summed E-state index contributed by atoms with van der Waals surface area (Å²) in [6, 6.07) is 0. The van der Waals surface area contributed by atoms with E-state index in [4.69, 9.17) is 4.74 Å². The minimum Gasteiger partial charge on any atom is -0.461 e. The first-order valence-electron chi connectivity index (χ1n) is 5.26. The van der Waals surface area contributed by atoms with E-state index in [9.17, 15) is 9.59 Å². The van der Waals surface area contributed by atoms with Crippen molar-refractivity contribution < 1.29 is 14.3 Å². The molecule has 0 heterocycles. The molecule has 0 radical (unpaired) electrons. The largest absolute Gasteiger partial charge is 0.461 e. The summed E-state index contributed by atoms with van der Waals surface area (Å²) in [5, 5.41) is 0. The van der Waals surface area contributed by atoms with Crippen molar-refractivity contribution in [3.8, 4) is 0 Å². The van der Waals surface area contributed by atoms with Crippen LogP contribution in [0.1, 0.15) is 34.1 Å². The topological polar surface area (TPSA) is 43.4 Å². The molecule has 0 rings (SSSR count). The van der Waals surface area contributed by atoms with Gasteiger partial charge in [0.15, 0.2) is 0 Å². The second-order valence-electron chi connectivity index (χ2n) is 3.78. The van der Waals surface area contributed by atoms with Crippen molar-refractivity contribution in [2.45, 2.75) is 40.2 Å². The predicted molar refractivity (Wildman–Crippen MR) is 59.4 cm³/mol. The average molecular weight is 212 g/mol. The Hall–Kier alpha value is -1.12. The second-order valence-corrected chi connectivity index (χ2v) is 3.78. The van der Waals surface area contributed by atoms with Crippen LogP contribution >= 0.6 is 0 Å². The molecule has 0 aromatic heterocycles. The summed E-state index contributed by atoms with van der Waals surface area (Å²) in [4.78, 5) is 22.5. The maximum atomic E-state index is 11.5. The zero-order chi connectivity index (χ0) is 12.0. The van der Waals surface area contributed by atoms with Crippen LogP contribution in [0.5, 0.6) is 0 Å². The Morgan fingerprint density at radius 3 is 2.27 bits per heavy atom. The molecule has 0 unspecified atom stereocenters. The SMILES string of the molecule is C=C[C@H](C)[C@H](OC(C)=O)[C@@H](C)C(=O)CC. The molecule has 86 valence electrons. The number of ketones is 1. The summed E-state index contributed by atoms with van der Waals surface area (Å²) < 4.78 is 5.16. The van der Waals surface area contributed by atoms with Crippen LogP contribution in [0.4, 0.5) is 0 Å². The highest BCUT2D eigenvalue weighted by atomic mass is 16.5. The summed E-state index contributed by atoms with van der Waals surface area (Å²) in [5.41, 5.74) is 0. The van der Waals surface area contributed by atoms with Crippen LogP contribution in [-0.4, -0.2) is 17.9 Å². The predicted octanol–water partition coefficient (Wildman–Crippen LogP) is 2.36. The van der Waals surface area contributed by atoms with E-state index in [1.165, 1.54) is 6.92 Å². The number of carbonyl (C=O) groups is 2. The fourth-order valence-electron chi connectivity index (χ4n) is 1.50. The lowest BCUT2D eigenvalue weighted by Gasteiger charge is -2.26. The van der Waals surface area contributed by atoms with Crippen molar-refractivity contribution in [1.82, 2.24) is 0 Å². The minimum absolute atomic E-state index is 0.0144. The molecule has 0 aliphatic carbocycles. The van der Waals surface area contributed by atoms with Gasteiger partial charge in [0.25, 0.3) is 0 Å². The molecule has 0 saturated heterocycles. The molecular weight excluding hydrogens is 192 g/mol. The standard InChI is InChI=1S/C12H20O3/c1-6-8(3)12(15-10(5)13)9(4)11(14)7-2/h6,8-9,12H,1,7H2,2-5H3/t8-,9-,12-/m0/s1. The number of carbonyl (C=O) groups excluding carboxylic acids is 2. The lowest BCUT2D eigenvalue weighted by Crippen LogP contribution is -2.34. The molecule has 3 atom stereocenters. The fraction of sp³-hybridized carbons (Fsp3) is 0.667. The highest BCUT2D eigenvalue weighted by molar-refractivity contribution is 5.81. The molecule has 3 nitrogen and oxygen atoms in total. The Balaban J connectivity index is 4.68. The van der Waals surface area contributed by atoms with Gasteiger partial charge < -0.3 is 4.74 Å². The third kappa shape index (κ3) is 4.28. The average Bonchev–Trinajstić information content (AvgIpc) is 2.22. The molecule has 0 N–H and O–H groups in total. The van der Waals surface area contributed by atoms with Crippen molar-refractivity contribution in [2.75, 3.05) is 0 Å². The highest BCUT2D eigenvalue weighted by Crippen LogP contribution is 2.20. The van der Waals surface area contributed by atoms with Crippen LogP contribution < -0.4 is 0 Å². The Bertz CT molecular complexity index is 245. The lowest BCUT2D eigenvalue weighted by molar-refractivity contribution is -0.152. The van der Waals surface area contributed by atoms with Gasteiger partial charge in [0.1, 0.15) is 11.9 Å². The molecule has 0 bridgehead atoms. The van der Waals surface area contributed by atoms with Crippen LogP contribution in [-0.2, 0) is 14.3 Å². The van der Waals surface area contributed by atoms with Gasteiger partial charge in [-0.05, 0) is 0 Å². The van der Waals surface area contributed by atoms with E-state index in [-0.39, 0.29) is 23.6 Å². The maximum absolute atomic E-state index is 11.5. The maximum Gasteiger partial charge on any atom is 0.302 e. The van der Waals surface area contributed by atoms with E-state index in [0.29, 0.717) is 6.42 Å². The van der Waals surface area contributed by atoms with Gasteiger partial charge in [-0.3, -0.25) is 9.59 Å². The molecule has 0 saturated carbocycles. The lowest BCUT2D eigenvalue weighted by atomic mass is 9.89. The first kappa shape index (κ1) is 13.9. The molecular formula is C12H20O3. The second kappa shape index (κ2) is 6.38. The van der Waals surface area contributed by atoms with Crippen LogP contribution in [0.2, 0.25) is 0 Å². The van der Waals surface area contributed by atoms with Crippen molar-refractivity contribution >= 4 is 11.8 Å². The van der Waals surface area contributed by atoms with Crippen LogP contribution in [0.15, 0.2) is 12.7 Å². The van der Waals surface area contributed by atoms with Crippen molar-refractivity contribution in [1.29, 1.82) is 0 Å². The van der Waals surface area contributed by atoms with Gasteiger partial charge in [-0.15, -0.1) is 6.58 Å². The van der Waals surface area contributed by atoms with Gasteiger partial charge >= 0.3 is 5.97 Å². The van der Waals surface area contributed by atoms with Gasteiger partial charge in [-0.1, -0.05) is 26.8 Å². The summed E-state index contributed by atoms with van der Waals surface area (Å²) in [6.45, 7) is 10.5. The van der Waals surface area contributed by atoms with Gasteiger partial charge in [0.2, 0.25) is 0 Å². The normalized spacial score (nSPS) is 16.3. The van der Waals surface area contributed by atoms with E-state index in [2.05, 4.69) is 6.58 Å². The zero-order valence-electron chi connectivity index (χ0n) is 9.95. The Kier molecular flexibility index (Phi) is 5.90. The van der Waals surface area contributed by atoms with Crippen molar-refractivity contribution in [3.05, 3.63) is 12.7 Å². The van der Waals surface area contributed by atoms with Crippen molar-refractivity contribution in [3.63, 3.8) is 0 Å². The van der Waals surface area contributed by atoms with Gasteiger partial charge in [-0.25, -0.2) is 0 Å². The molecule has 15 heavy (non-hydrogen) atoms. The first-order valence-corrected chi connectivity index (χ1v) is 5.26. The Labute approximate surface area is 91.5 Å². The number of hydrogen-bond acceptors (Lipinski definition) is 3. The molecule has 0 aromatic rings. The molecule has 0 aromatic carbocycles. The third-order valence-corrected chi connectivity index (χ3v) is 2.54. The highest BCUT2D eigenvalue weighted by Gasteiger charge is 2.28. The number of hydrogen-bond donors (Lipinski definition) is 0. The molecule has 3 heteroatoms. The molecule has 0 aliphatic rings. The van der Waals surface area contributed by atoms with E-state index in [1.807, 2.05) is 13.8 Å². The number of Topliss-reactive ketones (excluding diaryl/α,β-unsaturated/α-hetero) is 1. The number of rotatable bonds is 6. The van der Waals surface area contributed by atoms with Crippen molar-refractivity contribution in [2.24, 2.45) is 11.8 Å². The van der Waals surface area contributed by atoms with Crippen LogP contribution in [0.3, 0.4) is 0 Å². The summed E-state index contributed by atoms with van der Waals surface area (Å²) in [6.07, 6.45) is 1.77. The van der Waals surface area contributed by atoms with Gasteiger partial charge in [0, 0.05) is 19.3 Å². The monoisotopic (exact) mass is 212 g/mol. The molecule has 0 fully saturated rings. The summed E-state index contributed by atoms with van der Waals surface area (Å²) in [7, 11) is 0. The van der Waals surface area contributed by atoms with Crippen LogP contribution in [0.25, 0.3) is 0 Å². The zero-order valence-corrected chi connectivity index (χ0v) is 9.95. The van der Waals surface area contributed by atoms with Crippen LogP contribution in [0, 0.1) is 11.8 Å². The Morgan fingerprint density at radius 2 is 1.93 bits per heavy atom. The quantitative estimate of drug-likeness (QED) is 0.501. The van der Waals surface area contributed by atoms with E-state index >= 15 is 0 Å². The molecule has 0 amide bonds. The van der Waals surface area contributed by atoms with E-state index < -0.39 is 6.10 Å². The summed E-state index contributed by atoms with van der Waals surface area (Å²) >= 11 is 0. The Morgan fingerprint density at radius 1 is 1.40 bits per heavy atom. The smallest absolute Gasteiger partial charge is 0.302 e. The van der Waals surface area contributed by atoms with E-state index in [0.717, 1.165) is 0 Å². The number of ether oxygens (including phenoxy) is 1. The fourth-order valence-corrected chi connectivity index (χ4v) is 1.50. The van der Waals surface area contributed by atoms with Gasteiger partial charge in [-0.2, -0.15) is 0 Å². The third-order valence-electron chi connectivity index (χ3n) is 2.54. The molecule has 0 aliphatic heterocycles. The summed E-state index contributed by atoms with van der Waals surface area (Å²) in [5.74, 6) is -0.536. The van der Waals surface area contributed by atoms with E-state index in [1.54, 1.807) is 13.0 Å². The first-order chi connectivity index (χ1) is 6.93. The molecule has 0 spiro atoms. The minimum atomic E-state index is -0.396. The van der Waals surface area contributed by atoms with Gasteiger partial charge in [0.05, 0.1) is 5.92 Å². The number of esters is 1.